The van der Waals surface area contributed by atoms with Crippen molar-refractivity contribution >= 4 is 0 Å². The summed E-state index contributed by atoms with van der Waals surface area (Å²) in [4.78, 5) is 2.50. The minimum atomic E-state index is -0.0365. The number of hydrogen-bond donors (Lipinski definition) is 0. The van der Waals surface area contributed by atoms with Crippen LogP contribution in [0.15, 0.2) is 18.2 Å². The van der Waals surface area contributed by atoms with Gasteiger partial charge in [-0.2, -0.15) is 0 Å². The second kappa shape index (κ2) is 6.91. The van der Waals surface area contributed by atoms with E-state index in [-0.39, 0.29) is 11.2 Å². The topological polar surface area (TPSA) is 3.24 Å². The summed E-state index contributed by atoms with van der Waals surface area (Å²) in [5, 5.41) is 0. The Morgan fingerprint density at radius 1 is 1.19 bits per heavy atom. The number of benzene rings is 1. The van der Waals surface area contributed by atoms with Crippen LogP contribution in [0.1, 0.15) is 58.1 Å². The van der Waals surface area contributed by atoms with Crippen LogP contribution >= 0.6 is 0 Å². The molecule has 0 amide bonds. The lowest BCUT2D eigenvalue weighted by Crippen LogP contribution is -2.27. The predicted octanol–water partition coefficient (Wildman–Crippen LogP) is 4.79. The Morgan fingerprint density at radius 2 is 1.95 bits per heavy atom. The van der Waals surface area contributed by atoms with Gasteiger partial charge in [0.15, 0.2) is 0 Å². The highest BCUT2D eigenvalue weighted by atomic mass is 19.1. The molecule has 0 N–H and O–H groups in total. The van der Waals surface area contributed by atoms with Crippen LogP contribution in [0.5, 0.6) is 0 Å². The Bertz CT molecular complexity index is 461. The van der Waals surface area contributed by atoms with Gasteiger partial charge in [-0.05, 0) is 67.3 Å². The van der Waals surface area contributed by atoms with Crippen LogP contribution in [0, 0.1) is 11.7 Å². The Kier molecular flexibility index (Phi) is 5.43. The Hall–Kier alpha value is -0.890. The van der Waals surface area contributed by atoms with Gasteiger partial charge >= 0.3 is 0 Å². The van der Waals surface area contributed by atoms with E-state index in [4.69, 9.17) is 0 Å². The van der Waals surface area contributed by atoms with Crippen molar-refractivity contribution in [3.63, 3.8) is 0 Å². The summed E-state index contributed by atoms with van der Waals surface area (Å²) < 4.78 is 14.3. The van der Waals surface area contributed by atoms with Gasteiger partial charge < -0.3 is 4.90 Å². The zero-order valence-electron chi connectivity index (χ0n) is 14.1. The van der Waals surface area contributed by atoms with Gasteiger partial charge in [-0.3, -0.25) is 0 Å². The molecule has 0 spiro atoms. The zero-order chi connectivity index (χ0) is 15.5. The molecule has 2 rings (SSSR count). The molecule has 118 valence electrons. The van der Waals surface area contributed by atoms with Gasteiger partial charge in [0.1, 0.15) is 5.82 Å². The van der Waals surface area contributed by atoms with Crippen LogP contribution in [-0.2, 0) is 11.8 Å². The first kappa shape index (κ1) is 16.5. The van der Waals surface area contributed by atoms with Crippen molar-refractivity contribution in [2.45, 2.75) is 58.8 Å². The Balaban J connectivity index is 1.94. The standard InChI is InChI=1S/C19H30FN/c1-15-6-5-11-21(12-9-15)13-10-16-7-8-17(14-18(16)20)19(2,3)4/h7-8,14-15H,5-6,9-13H2,1-4H3. The van der Waals surface area contributed by atoms with E-state index < -0.39 is 0 Å². The summed E-state index contributed by atoms with van der Waals surface area (Å²) in [6.07, 6.45) is 4.73. The largest absolute Gasteiger partial charge is 0.303 e. The van der Waals surface area contributed by atoms with Gasteiger partial charge in [-0.25, -0.2) is 4.39 Å². The molecule has 0 radical (unpaired) electrons. The first-order chi connectivity index (χ1) is 9.86. The summed E-state index contributed by atoms with van der Waals surface area (Å²) in [6, 6.07) is 5.79. The van der Waals surface area contributed by atoms with Crippen molar-refractivity contribution < 1.29 is 4.39 Å². The van der Waals surface area contributed by atoms with Gasteiger partial charge in [0.25, 0.3) is 0 Å². The van der Waals surface area contributed by atoms with E-state index in [1.165, 1.54) is 32.4 Å². The molecular formula is C19H30FN. The maximum absolute atomic E-state index is 14.3. The van der Waals surface area contributed by atoms with E-state index in [0.717, 1.165) is 30.0 Å². The van der Waals surface area contributed by atoms with Crippen molar-refractivity contribution in [2.75, 3.05) is 19.6 Å². The number of hydrogen-bond acceptors (Lipinski definition) is 1. The van der Waals surface area contributed by atoms with Crippen molar-refractivity contribution in [1.29, 1.82) is 0 Å². The lowest BCUT2D eigenvalue weighted by atomic mass is 9.86. The molecule has 1 aromatic carbocycles. The molecule has 1 aromatic rings. The first-order valence-corrected chi connectivity index (χ1v) is 8.37. The van der Waals surface area contributed by atoms with Crippen LogP contribution in [0.4, 0.5) is 4.39 Å². The molecule has 0 aliphatic carbocycles. The SMILES string of the molecule is CC1CCCN(CCc2ccc(C(C)(C)C)cc2F)CC1. The van der Waals surface area contributed by atoms with Crippen LogP contribution in [0.25, 0.3) is 0 Å². The lowest BCUT2D eigenvalue weighted by molar-refractivity contribution is 0.284. The third-order valence-corrected chi connectivity index (χ3v) is 4.73. The van der Waals surface area contributed by atoms with Gasteiger partial charge in [-0.1, -0.05) is 39.8 Å². The van der Waals surface area contributed by atoms with Crippen LogP contribution in [0.3, 0.4) is 0 Å². The van der Waals surface area contributed by atoms with E-state index in [2.05, 4.69) is 38.7 Å². The molecule has 1 saturated heterocycles. The second-order valence-electron chi connectivity index (χ2n) is 7.68. The van der Waals surface area contributed by atoms with Gasteiger partial charge in [0.05, 0.1) is 0 Å². The number of nitrogens with zero attached hydrogens (tertiary/aromatic N) is 1. The monoisotopic (exact) mass is 291 g/mol. The minimum Gasteiger partial charge on any atom is -0.303 e. The van der Waals surface area contributed by atoms with E-state index >= 15 is 0 Å². The molecular weight excluding hydrogens is 261 g/mol. The van der Waals surface area contributed by atoms with Crippen molar-refractivity contribution in [3.05, 3.63) is 35.1 Å². The molecule has 1 nitrogen and oxygen atoms in total. The van der Waals surface area contributed by atoms with Crippen LogP contribution < -0.4 is 0 Å². The third-order valence-electron chi connectivity index (χ3n) is 4.73. The summed E-state index contributed by atoms with van der Waals surface area (Å²) in [5.74, 6) is 0.809. The summed E-state index contributed by atoms with van der Waals surface area (Å²) >= 11 is 0. The van der Waals surface area contributed by atoms with Crippen LogP contribution in [0.2, 0.25) is 0 Å². The quantitative estimate of drug-likeness (QED) is 0.774. The number of halogens is 1. The summed E-state index contributed by atoms with van der Waals surface area (Å²) in [7, 11) is 0. The van der Waals surface area contributed by atoms with Gasteiger partial charge in [0.2, 0.25) is 0 Å². The minimum absolute atomic E-state index is 0.0142. The first-order valence-electron chi connectivity index (χ1n) is 8.37. The van der Waals surface area contributed by atoms with E-state index in [1.54, 1.807) is 6.07 Å². The number of likely N-dealkylation sites (tertiary alicyclic amines) is 1. The smallest absolute Gasteiger partial charge is 0.126 e. The maximum Gasteiger partial charge on any atom is 0.126 e. The molecule has 2 heteroatoms. The fourth-order valence-corrected chi connectivity index (χ4v) is 3.04. The molecule has 0 saturated carbocycles. The molecule has 1 unspecified atom stereocenters. The normalized spacial score (nSPS) is 21.3. The molecule has 1 aliphatic heterocycles. The van der Waals surface area contributed by atoms with Gasteiger partial charge in [-0.15, -0.1) is 0 Å². The highest BCUT2D eigenvalue weighted by molar-refractivity contribution is 5.29. The van der Waals surface area contributed by atoms with Crippen molar-refractivity contribution in [3.8, 4) is 0 Å². The molecule has 1 aliphatic rings. The Labute approximate surface area is 129 Å². The highest BCUT2D eigenvalue weighted by Gasteiger charge is 2.17. The van der Waals surface area contributed by atoms with Crippen LogP contribution in [-0.4, -0.2) is 24.5 Å². The second-order valence-corrected chi connectivity index (χ2v) is 7.68. The molecule has 21 heavy (non-hydrogen) atoms. The predicted molar refractivity (Wildman–Crippen MR) is 88.3 cm³/mol. The Morgan fingerprint density at radius 3 is 2.62 bits per heavy atom. The lowest BCUT2D eigenvalue weighted by Gasteiger charge is -2.22. The molecule has 1 fully saturated rings. The van der Waals surface area contributed by atoms with E-state index in [9.17, 15) is 4.39 Å². The van der Waals surface area contributed by atoms with E-state index in [1.807, 2.05) is 6.07 Å². The van der Waals surface area contributed by atoms with Crippen molar-refractivity contribution in [1.82, 2.24) is 4.90 Å². The fourth-order valence-electron chi connectivity index (χ4n) is 3.04. The molecule has 1 atom stereocenters. The highest BCUT2D eigenvalue weighted by Crippen LogP contribution is 2.24. The average Bonchev–Trinajstić information content (AvgIpc) is 2.61. The van der Waals surface area contributed by atoms with Crippen molar-refractivity contribution in [2.24, 2.45) is 5.92 Å². The van der Waals surface area contributed by atoms with Gasteiger partial charge in [0, 0.05) is 6.54 Å². The number of rotatable bonds is 3. The fraction of sp³-hybridized carbons (Fsp3) is 0.684. The molecule has 1 heterocycles. The molecule has 0 aromatic heterocycles. The maximum atomic E-state index is 14.3. The average molecular weight is 291 g/mol. The molecule has 0 bridgehead atoms. The third kappa shape index (κ3) is 4.81. The zero-order valence-corrected chi connectivity index (χ0v) is 14.1. The summed E-state index contributed by atoms with van der Waals surface area (Å²) in [5.41, 5.74) is 1.95. The summed E-state index contributed by atoms with van der Waals surface area (Å²) in [6.45, 7) is 12.0. The van der Waals surface area contributed by atoms with E-state index in [0.29, 0.717) is 0 Å².